The third kappa shape index (κ3) is 4.50. The third-order valence-corrected chi connectivity index (χ3v) is 2.42. The Bertz CT molecular complexity index is 350. The molecule has 5 heteroatoms. The maximum Gasteiger partial charge on any atom is 0.250 e. The predicted molar refractivity (Wildman–Crippen MR) is 63.0 cm³/mol. The molecule has 0 aliphatic heterocycles. The maximum absolute atomic E-state index is 12.6. The van der Waals surface area contributed by atoms with Crippen LogP contribution in [0.1, 0.15) is 5.56 Å². The number of benzene rings is 1. The minimum absolute atomic E-state index is 0.152. The molecule has 1 unspecified atom stereocenters. The summed E-state index contributed by atoms with van der Waals surface area (Å²) < 4.78 is 17.5. The van der Waals surface area contributed by atoms with E-state index in [0.29, 0.717) is 13.0 Å². The minimum atomic E-state index is -0.608. The quantitative estimate of drug-likeness (QED) is 0.759. The van der Waals surface area contributed by atoms with E-state index in [0.717, 1.165) is 5.56 Å². The Morgan fingerprint density at radius 2 is 2.12 bits per heavy atom. The van der Waals surface area contributed by atoms with E-state index in [-0.39, 0.29) is 18.3 Å². The van der Waals surface area contributed by atoms with Crippen molar-refractivity contribution in [3.05, 3.63) is 35.6 Å². The number of ether oxygens (including phenoxy) is 1. The molecule has 0 aliphatic rings. The zero-order valence-corrected chi connectivity index (χ0v) is 9.78. The van der Waals surface area contributed by atoms with Crippen LogP contribution in [0.15, 0.2) is 24.3 Å². The molecule has 94 valence electrons. The van der Waals surface area contributed by atoms with Crippen molar-refractivity contribution in [3.8, 4) is 0 Å². The summed E-state index contributed by atoms with van der Waals surface area (Å²) in [6.45, 7) is 0.628. The number of amides is 1. The van der Waals surface area contributed by atoms with Gasteiger partial charge in [0.05, 0.1) is 0 Å². The highest BCUT2D eigenvalue weighted by Gasteiger charge is 2.14. The zero-order valence-electron chi connectivity index (χ0n) is 9.78. The molecule has 0 aliphatic carbocycles. The summed E-state index contributed by atoms with van der Waals surface area (Å²) in [7, 11) is 1.44. The van der Waals surface area contributed by atoms with Gasteiger partial charge < -0.3 is 15.8 Å². The fourth-order valence-electron chi connectivity index (χ4n) is 1.41. The first-order valence-corrected chi connectivity index (χ1v) is 5.42. The van der Waals surface area contributed by atoms with Gasteiger partial charge in [0.15, 0.2) is 0 Å². The van der Waals surface area contributed by atoms with Crippen LogP contribution in [0.5, 0.6) is 0 Å². The third-order valence-electron chi connectivity index (χ3n) is 2.42. The summed E-state index contributed by atoms with van der Waals surface area (Å²) in [5.74, 6) is -0.488. The Kier molecular flexibility index (Phi) is 5.59. The van der Waals surface area contributed by atoms with Gasteiger partial charge >= 0.3 is 0 Å². The molecule has 1 amide bonds. The van der Waals surface area contributed by atoms with E-state index in [4.69, 9.17) is 10.5 Å². The average molecular weight is 240 g/mol. The Hall–Kier alpha value is -1.46. The highest BCUT2D eigenvalue weighted by Crippen LogP contribution is 2.02. The number of hydrogen-bond donors (Lipinski definition) is 2. The first-order valence-electron chi connectivity index (χ1n) is 5.42. The number of nitrogens with one attached hydrogen (secondary N) is 1. The maximum atomic E-state index is 12.6. The van der Waals surface area contributed by atoms with Crippen molar-refractivity contribution >= 4 is 5.91 Å². The van der Waals surface area contributed by atoms with Gasteiger partial charge in [-0.1, -0.05) is 12.1 Å². The van der Waals surface area contributed by atoms with Gasteiger partial charge in [-0.05, 0) is 24.1 Å². The lowest BCUT2D eigenvalue weighted by Gasteiger charge is -2.12. The second kappa shape index (κ2) is 6.98. The molecule has 0 bridgehead atoms. The molecule has 0 fully saturated rings. The summed E-state index contributed by atoms with van der Waals surface area (Å²) in [5, 5.41) is 2.71. The number of carbonyl (C=O) groups excluding carboxylic acids is 1. The van der Waals surface area contributed by atoms with E-state index in [1.807, 2.05) is 0 Å². The molecular weight excluding hydrogens is 223 g/mol. The Balaban J connectivity index is 2.32. The van der Waals surface area contributed by atoms with Crippen molar-refractivity contribution in [1.29, 1.82) is 0 Å². The van der Waals surface area contributed by atoms with E-state index in [2.05, 4.69) is 5.32 Å². The number of hydrogen-bond acceptors (Lipinski definition) is 3. The van der Waals surface area contributed by atoms with Crippen LogP contribution in [0.3, 0.4) is 0 Å². The Labute approximate surface area is 100.0 Å². The lowest BCUT2D eigenvalue weighted by molar-refractivity contribution is -0.130. The molecule has 0 spiro atoms. The number of carbonyl (C=O) groups is 1. The van der Waals surface area contributed by atoms with Crippen molar-refractivity contribution in [1.82, 2.24) is 5.32 Å². The van der Waals surface area contributed by atoms with E-state index in [1.165, 1.54) is 19.2 Å². The van der Waals surface area contributed by atoms with Crippen molar-refractivity contribution in [3.63, 3.8) is 0 Å². The minimum Gasteiger partial charge on any atom is -0.370 e. The van der Waals surface area contributed by atoms with Gasteiger partial charge in [-0.3, -0.25) is 4.79 Å². The molecule has 0 aromatic heterocycles. The highest BCUT2D eigenvalue weighted by molar-refractivity contribution is 5.80. The summed E-state index contributed by atoms with van der Waals surface area (Å²) in [4.78, 5) is 11.5. The predicted octanol–water partition coefficient (Wildman–Crippen LogP) is 0.458. The van der Waals surface area contributed by atoms with Crippen LogP contribution in [0.25, 0.3) is 0 Å². The summed E-state index contributed by atoms with van der Waals surface area (Å²) in [6.07, 6.45) is 0.0377. The van der Waals surface area contributed by atoms with E-state index < -0.39 is 6.10 Å². The van der Waals surface area contributed by atoms with Crippen LogP contribution in [-0.2, 0) is 16.0 Å². The molecule has 4 nitrogen and oxygen atoms in total. The monoisotopic (exact) mass is 240 g/mol. The fraction of sp³-hybridized carbons (Fsp3) is 0.417. The van der Waals surface area contributed by atoms with Gasteiger partial charge in [-0.2, -0.15) is 0 Å². The van der Waals surface area contributed by atoms with Crippen LogP contribution in [0.4, 0.5) is 4.39 Å². The van der Waals surface area contributed by atoms with Crippen molar-refractivity contribution < 1.29 is 13.9 Å². The van der Waals surface area contributed by atoms with Crippen molar-refractivity contribution in [2.45, 2.75) is 12.5 Å². The lowest BCUT2D eigenvalue weighted by atomic mass is 10.1. The first kappa shape index (κ1) is 13.6. The zero-order chi connectivity index (χ0) is 12.7. The number of nitrogens with two attached hydrogens (primary N) is 1. The molecule has 0 heterocycles. The molecule has 1 rings (SSSR count). The van der Waals surface area contributed by atoms with Gasteiger partial charge in [0.2, 0.25) is 5.91 Å². The van der Waals surface area contributed by atoms with Gasteiger partial charge in [0.25, 0.3) is 0 Å². The van der Waals surface area contributed by atoms with Crippen LogP contribution in [-0.4, -0.2) is 32.2 Å². The second-order valence-electron chi connectivity index (χ2n) is 3.63. The lowest BCUT2D eigenvalue weighted by Crippen LogP contribution is -2.41. The molecular formula is C12H17FN2O2. The molecule has 3 N–H and O–H groups in total. The normalized spacial score (nSPS) is 12.2. The van der Waals surface area contributed by atoms with Crippen molar-refractivity contribution in [2.75, 3.05) is 20.2 Å². The average Bonchev–Trinajstić information content (AvgIpc) is 2.33. The van der Waals surface area contributed by atoms with E-state index in [1.54, 1.807) is 12.1 Å². The SMILES string of the molecule is COC(CN)C(=O)NCCc1ccc(F)cc1. The van der Waals surface area contributed by atoms with Crippen molar-refractivity contribution in [2.24, 2.45) is 5.73 Å². The Morgan fingerprint density at radius 3 is 2.65 bits per heavy atom. The first-order chi connectivity index (χ1) is 8.17. The number of rotatable bonds is 6. The smallest absolute Gasteiger partial charge is 0.250 e. The fourth-order valence-corrected chi connectivity index (χ4v) is 1.41. The Morgan fingerprint density at radius 1 is 1.47 bits per heavy atom. The van der Waals surface area contributed by atoms with E-state index >= 15 is 0 Å². The number of halogens is 1. The summed E-state index contributed by atoms with van der Waals surface area (Å²) in [6, 6.07) is 6.18. The van der Waals surface area contributed by atoms with Crippen LogP contribution in [0, 0.1) is 5.82 Å². The van der Waals surface area contributed by atoms with E-state index in [9.17, 15) is 9.18 Å². The van der Waals surface area contributed by atoms with Gasteiger partial charge in [0.1, 0.15) is 11.9 Å². The summed E-state index contributed by atoms with van der Waals surface area (Å²) in [5.41, 5.74) is 6.32. The standard InChI is InChI=1S/C12H17FN2O2/c1-17-11(8-14)12(16)15-7-6-9-2-4-10(13)5-3-9/h2-5,11H,6-8,14H2,1H3,(H,15,16). The van der Waals surface area contributed by atoms with Crippen LogP contribution >= 0.6 is 0 Å². The molecule has 0 saturated carbocycles. The van der Waals surface area contributed by atoms with Crippen LogP contribution in [0.2, 0.25) is 0 Å². The van der Waals surface area contributed by atoms with Gasteiger partial charge in [-0.25, -0.2) is 4.39 Å². The second-order valence-corrected chi connectivity index (χ2v) is 3.63. The van der Waals surface area contributed by atoms with Gasteiger partial charge in [0, 0.05) is 20.2 Å². The molecule has 1 aromatic carbocycles. The molecule has 0 saturated heterocycles. The largest absolute Gasteiger partial charge is 0.370 e. The summed E-state index contributed by atoms with van der Waals surface area (Å²) >= 11 is 0. The number of methoxy groups -OCH3 is 1. The molecule has 0 radical (unpaired) electrons. The molecule has 1 atom stereocenters. The highest BCUT2D eigenvalue weighted by atomic mass is 19.1. The van der Waals surface area contributed by atoms with Gasteiger partial charge in [-0.15, -0.1) is 0 Å². The van der Waals surface area contributed by atoms with Crippen LogP contribution < -0.4 is 11.1 Å². The molecule has 1 aromatic rings. The topological polar surface area (TPSA) is 64.3 Å². The molecule has 17 heavy (non-hydrogen) atoms.